The fraction of sp³-hybridized carbons (Fsp3) is 0.333. The molecule has 0 spiro atoms. The zero-order chi connectivity index (χ0) is 15.4. The van der Waals surface area contributed by atoms with Crippen LogP contribution in [0.15, 0.2) is 23.6 Å². The highest BCUT2D eigenvalue weighted by Crippen LogP contribution is 2.21. The molecule has 1 aromatic heterocycles. The molecule has 1 aromatic carbocycles. The molecule has 3 nitrogen and oxygen atoms in total. The summed E-state index contributed by atoms with van der Waals surface area (Å²) in [6.07, 6.45) is 0.929. The highest BCUT2D eigenvalue weighted by Gasteiger charge is 2.09. The number of rotatable bonds is 5. The Hall–Kier alpha value is -1.46. The zero-order valence-electron chi connectivity index (χ0n) is 11.8. The third-order valence-corrected chi connectivity index (χ3v) is 4.15. The van der Waals surface area contributed by atoms with Crippen molar-refractivity contribution in [1.29, 1.82) is 0 Å². The Kier molecular flexibility index (Phi) is 5.31. The summed E-state index contributed by atoms with van der Waals surface area (Å²) < 4.78 is 13.0. The minimum Gasteiger partial charge on any atom is -0.326 e. The molecular formula is C15H16ClFN2OS. The largest absolute Gasteiger partial charge is 0.326 e. The van der Waals surface area contributed by atoms with E-state index in [9.17, 15) is 9.18 Å². The lowest BCUT2D eigenvalue weighted by atomic mass is 10.2. The average Bonchev–Trinajstić information content (AvgIpc) is 2.90. The SMILES string of the molecule is CC(C)c1csc(CCC(=O)Nc2ccc(F)c(Cl)c2)n1. The summed E-state index contributed by atoms with van der Waals surface area (Å²) in [6.45, 7) is 4.17. The molecule has 0 aliphatic heterocycles. The number of nitrogens with one attached hydrogen (secondary N) is 1. The third kappa shape index (κ3) is 4.51. The number of aromatic nitrogens is 1. The summed E-state index contributed by atoms with van der Waals surface area (Å²) in [5.41, 5.74) is 1.55. The van der Waals surface area contributed by atoms with E-state index < -0.39 is 5.82 Å². The maximum atomic E-state index is 13.0. The maximum absolute atomic E-state index is 13.0. The van der Waals surface area contributed by atoms with Gasteiger partial charge in [0.1, 0.15) is 5.82 Å². The number of carbonyl (C=O) groups is 1. The topological polar surface area (TPSA) is 42.0 Å². The van der Waals surface area contributed by atoms with Gasteiger partial charge in [-0.15, -0.1) is 11.3 Å². The van der Waals surface area contributed by atoms with Gasteiger partial charge in [-0.2, -0.15) is 0 Å². The second kappa shape index (κ2) is 7.00. The fourth-order valence-corrected chi connectivity index (χ4v) is 2.86. The van der Waals surface area contributed by atoms with Crippen molar-refractivity contribution in [3.8, 4) is 0 Å². The quantitative estimate of drug-likeness (QED) is 0.870. The van der Waals surface area contributed by atoms with Gasteiger partial charge < -0.3 is 5.32 Å². The third-order valence-electron chi connectivity index (χ3n) is 2.93. The van der Waals surface area contributed by atoms with Crippen LogP contribution < -0.4 is 5.32 Å². The van der Waals surface area contributed by atoms with E-state index >= 15 is 0 Å². The minimum atomic E-state index is -0.501. The second-order valence-electron chi connectivity index (χ2n) is 5.00. The Morgan fingerprint density at radius 3 is 2.86 bits per heavy atom. The molecule has 6 heteroatoms. The van der Waals surface area contributed by atoms with Crippen LogP contribution in [0, 0.1) is 5.82 Å². The molecule has 0 fully saturated rings. The second-order valence-corrected chi connectivity index (χ2v) is 6.35. The first-order chi connectivity index (χ1) is 9.95. The van der Waals surface area contributed by atoms with Gasteiger partial charge in [-0.05, 0) is 24.1 Å². The van der Waals surface area contributed by atoms with E-state index in [1.807, 2.05) is 5.38 Å². The predicted molar refractivity (Wildman–Crippen MR) is 84.6 cm³/mol. The van der Waals surface area contributed by atoms with Gasteiger partial charge in [-0.25, -0.2) is 9.37 Å². The molecule has 0 saturated carbocycles. The van der Waals surface area contributed by atoms with Crippen LogP contribution in [-0.2, 0) is 11.2 Å². The summed E-state index contributed by atoms with van der Waals surface area (Å²) in [6, 6.07) is 4.11. The number of amides is 1. The van der Waals surface area contributed by atoms with Crippen molar-refractivity contribution in [2.45, 2.75) is 32.6 Å². The van der Waals surface area contributed by atoms with E-state index in [2.05, 4.69) is 24.1 Å². The van der Waals surface area contributed by atoms with E-state index in [0.717, 1.165) is 10.7 Å². The van der Waals surface area contributed by atoms with Crippen molar-refractivity contribution in [3.05, 3.63) is 45.1 Å². The molecule has 1 N–H and O–H groups in total. The van der Waals surface area contributed by atoms with Crippen molar-refractivity contribution in [3.63, 3.8) is 0 Å². The monoisotopic (exact) mass is 326 g/mol. The molecule has 1 amide bonds. The number of benzene rings is 1. The van der Waals surface area contributed by atoms with Crippen LogP contribution in [0.3, 0.4) is 0 Å². The van der Waals surface area contributed by atoms with Crippen LogP contribution in [0.4, 0.5) is 10.1 Å². The highest BCUT2D eigenvalue weighted by molar-refractivity contribution is 7.09. The molecule has 2 aromatic rings. The van der Waals surface area contributed by atoms with Crippen LogP contribution in [-0.4, -0.2) is 10.9 Å². The average molecular weight is 327 g/mol. The van der Waals surface area contributed by atoms with Crippen LogP contribution in [0.1, 0.15) is 36.9 Å². The normalized spacial score (nSPS) is 10.9. The number of anilines is 1. The minimum absolute atomic E-state index is 0.00528. The van der Waals surface area contributed by atoms with Crippen molar-refractivity contribution in [1.82, 2.24) is 4.98 Å². The number of halogens is 2. The molecule has 2 rings (SSSR count). The summed E-state index contributed by atoms with van der Waals surface area (Å²) in [5, 5.41) is 5.67. The predicted octanol–water partition coefficient (Wildman–Crippen LogP) is 4.63. The van der Waals surface area contributed by atoms with Crippen molar-refractivity contribution in [2.75, 3.05) is 5.32 Å². The van der Waals surface area contributed by atoms with Gasteiger partial charge in [0.05, 0.1) is 15.7 Å². The van der Waals surface area contributed by atoms with E-state index in [0.29, 0.717) is 24.4 Å². The van der Waals surface area contributed by atoms with Gasteiger partial charge in [-0.1, -0.05) is 25.4 Å². The van der Waals surface area contributed by atoms with Gasteiger partial charge in [-0.3, -0.25) is 4.79 Å². The Balaban J connectivity index is 1.88. The Bertz CT molecular complexity index is 642. The van der Waals surface area contributed by atoms with Gasteiger partial charge in [0.15, 0.2) is 0 Å². The number of hydrogen-bond donors (Lipinski definition) is 1. The number of carbonyl (C=O) groups excluding carboxylic acids is 1. The molecule has 0 aliphatic carbocycles. The first-order valence-electron chi connectivity index (χ1n) is 6.65. The van der Waals surface area contributed by atoms with E-state index in [-0.39, 0.29) is 10.9 Å². The Morgan fingerprint density at radius 2 is 2.24 bits per heavy atom. The van der Waals surface area contributed by atoms with Crippen LogP contribution in [0.2, 0.25) is 5.02 Å². The van der Waals surface area contributed by atoms with Gasteiger partial charge in [0.25, 0.3) is 0 Å². The molecule has 0 radical (unpaired) electrons. The zero-order valence-corrected chi connectivity index (χ0v) is 13.4. The molecule has 0 bridgehead atoms. The fourth-order valence-electron chi connectivity index (χ4n) is 1.72. The van der Waals surface area contributed by atoms with Crippen LogP contribution >= 0.6 is 22.9 Å². The number of nitrogens with zero attached hydrogens (tertiary/aromatic N) is 1. The molecule has 0 saturated heterocycles. The summed E-state index contributed by atoms with van der Waals surface area (Å²) in [7, 11) is 0. The molecule has 0 unspecified atom stereocenters. The van der Waals surface area contributed by atoms with E-state index in [1.54, 1.807) is 11.3 Å². The number of thiazole rings is 1. The lowest BCUT2D eigenvalue weighted by Crippen LogP contribution is -2.12. The van der Waals surface area contributed by atoms with Crippen LogP contribution in [0.25, 0.3) is 0 Å². The molecular weight excluding hydrogens is 311 g/mol. The lowest BCUT2D eigenvalue weighted by Gasteiger charge is -2.05. The highest BCUT2D eigenvalue weighted by atomic mass is 35.5. The molecule has 0 atom stereocenters. The summed E-state index contributed by atoms with van der Waals surface area (Å²) in [4.78, 5) is 16.3. The van der Waals surface area contributed by atoms with Crippen molar-refractivity contribution < 1.29 is 9.18 Å². The molecule has 21 heavy (non-hydrogen) atoms. The molecule has 112 valence electrons. The molecule has 1 heterocycles. The Morgan fingerprint density at radius 1 is 1.48 bits per heavy atom. The smallest absolute Gasteiger partial charge is 0.224 e. The van der Waals surface area contributed by atoms with E-state index in [1.165, 1.54) is 18.2 Å². The first-order valence-corrected chi connectivity index (χ1v) is 7.90. The van der Waals surface area contributed by atoms with Gasteiger partial charge in [0.2, 0.25) is 5.91 Å². The first kappa shape index (κ1) is 15.9. The van der Waals surface area contributed by atoms with Crippen molar-refractivity contribution in [2.24, 2.45) is 0 Å². The summed E-state index contributed by atoms with van der Waals surface area (Å²) >= 11 is 7.24. The maximum Gasteiger partial charge on any atom is 0.224 e. The summed E-state index contributed by atoms with van der Waals surface area (Å²) in [5.74, 6) is -0.247. The number of aryl methyl sites for hydroxylation is 1. The molecule has 0 aliphatic rings. The van der Waals surface area contributed by atoms with Gasteiger partial charge >= 0.3 is 0 Å². The van der Waals surface area contributed by atoms with Crippen molar-refractivity contribution >= 4 is 34.5 Å². The number of hydrogen-bond acceptors (Lipinski definition) is 3. The van der Waals surface area contributed by atoms with E-state index in [4.69, 9.17) is 11.6 Å². The Labute approximate surface area is 132 Å². The van der Waals surface area contributed by atoms with Crippen LogP contribution in [0.5, 0.6) is 0 Å². The lowest BCUT2D eigenvalue weighted by molar-refractivity contribution is -0.116. The standard InChI is InChI=1S/C15H16ClFN2OS/c1-9(2)13-8-21-15(19-13)6-5-14(20)18-10-3-4-12(17)11(16)7-10/h3-4,7-9H,5-6H2,1-2H3,(H,18,20). The van der Waals surface area contributed by atoms with Gasteiger partial charge in [0, 0.05) is 23.9 Å².